The minimum Gasteiger partial charge on any atom is -0.497 e. The lowest BCUT2D eigenvalue weighted by atomic mass is 10.2. The van der Waals surface area contributed by atoms with Gasteiger partial charge in [-0.25, -0.2) is 0 Å². The fraction of sp³-hybridized carbons (Fsp3) is 0.200. The zero-order valence-corrected chi connectivity index (χ0v) is 12.2. The summed E-state index contributed by atoms with van der Waals surface area (Å²) < 4.78 is 5.13. The maximum Gasteiger partial charge on any atom is 0.118 e. The van der Waals surface area contributed by atoms with E-state index in [0.29, 0.717) is 0 Å². The van der Waals surface area contributed by atoms with Crippen molar-refractivity contribution in [3.05, 3.63) is 63.6 Å². The summed E-state index contributed by atoms with van der Waals surface area (Å²) in [5, 5.41) is 3.62. The molecule has 0 radical (unpaired) electrons. The van der Waals surface area contributed by atoms with E-state index in [9.17, 15) is 0 Å². The molecule has 0 aromatic heterocycles. The van der Waals surface area contributed by atoms with Crippen LogP contribution in [0.4, 0.5) is 0 Å². The second kappa shape index (κ2) is 6.80. The van der Waals surface area contributed by atoms with Crippen molar-refractivity contribution in [1.29, 1.82) is 0 Å². The lowest BCUT2D eigenvalue weighted by Crippen LogP contribution is -2.80. The first-order chi connectivity index (χ1) is 9.20. The van der Waals surface area contributed by atoms with Crippen LogP contribution in [0.25, 0.3) is 0 Å². The molecule has 0 bridgehead atoms. The second-order valence-corrected chi connectivity index (χ2v) is 5.06. The van der Waals surface area contributed by atoms with E-state index < -0.39 is 0 Å². The molecule has 0 saturated heterocycles. The van der Waals surface area contributed by atoms with Crippen molar-refractivity contribution in [3.8, 4) is 5.75 Å². The van der Waals surface area contributed by atoms with Crippen molar-refractivity contribution in [2.75, 3.05) is 7.11 Å². The molecule has 0 aliphatic carbocycles. The van der Waals surface area contributed by atoms with Crippen LogP contribution < -0.4 is 10.1 Å². The molecule has 0 aliphatic rings. The largest absolute Gasteiger partial charge is 0.497 e. The Hall–Kier alpha value is -1.22. The minimum absolute atomic E-state index is 0.721. The number of hydrogen-bond acceptors (Lipinski definition) is 1. The molecule has 0 fully saturated rings. The van der Waals surface area contributed by atoms with E-state index >= 15 is 0 Å². The molecule has 2 aromatic rings. The van der Waals surface area contributed by atoms with Crippen molar-refractivity contribution in [2.24, 2.45) is 0 Å². The maximum atomic E-state index is 6.13. The van der Waals surface area contributed by atoms with Crippen LogP contribution in [0.3, 0.4) is 0 Å². The minimum atomic E-state index is 0.721. The summed E-state index contributed by atoms with van der Waals surface area (Å²) in [5.74, 6) is 0.873. The molecule has 2 aromatic carbocycles. The lowest BCUT2D eigenvalue weighted by Gasteiger charge is -2.06. The van der Waals surface area contributed by atoms with Crippen LogP contribution in [0.2, 0.25) is 10.0 Å². The van der Waals surface area contributed by atoms with Gasteiger partial charge in [0, 0.05) is 11.1 Å². The van der Waals surface area contributed by atoms with Crippen molar-refractivity contribution < 1.29 is 10.1 Å². The summed E-state index contributed by atoms with van der Waals surface area (Å²) >= 11 is 12.3. The third-order valence-electron chi connectivity index (χ3n) is 2.95. The average molecular weight is 297 g/mol. The van der Waals surface area contributed by atoms with E-state index in [1.807, 2.05) is 30.3 Å². The van der Waals surface area contributed by atoms with Crippen LogP contribution in [0.1, 0.15) is 11.1 Å². The topological polar surface area (TPSA) is 25.8 Å². The number of halogens is 2. The standard InChI is InChI=1S/C15H15Cl2NO/c1-19-12-7-5-11(6-8-12)9-18-10-13-14(16)3-2-4-15(13)17/h2-8,18H,9-10H2,1H3/p+1. The third-order valence-corrected chi connectivity index (χ3v) is 3.66. The van der Waals surface area contributed by atoms with E-state index in [1.54, 1.807) is 7.11 Å². The molecular weight excluding hydrogens is 281 g/mol. The molecule has 2 nitrogen and oxygen atoms in total. The quantitative estimate of drug-likeness (QED) is 0.900. The van der Waals surface area contributed by atoms with Gasteiger partial charge in [-0.2, -0.15) is 0 Å². The summed E-state index contributed by atoms with van der Waals surface area (Å²) in [5.41, 5.74) is 2.23. The zero-order valence-electron chi connectivity index (χ0n) is 10.7. The molecule has 0 aliphatic heterocycles. The Morgan fingerprint density at radius 2 is 1.58 bits per heavy atom. The smallest absolute Gasteiger partial charge is 0.118 e. The summed E-state index contributed by atoms with van der Waals surface area (Å²) in [7, 11) is 1.67. The van der Waals surface area contributed by atoms with Crippen LogP contribution >= 0.6 is 23.2 Å². The molecule has 19 heavy (non-hydrogen) atoms. The fourth-order valence-corrected chi connectivity index (χ4v) is 2.42. The van der Waals surface area contributed by atoms with Crippen molar-refractivity contribution in [2.45, 2.75) is 13.1 Å². The van der Waals surface area contributed by atoms with Gasteiger partial charge in [-0.15, -0.1) is 0 Å². The van der Waals surface area contributed by atoms with E-state index in [0.717, 1.165) is 34.4 Å². The van der Waals surface area contributed by atoms with Crippen LogP contribution in [-0.2, 0) is 13.1 Å². The summed E-state index contributed by atoms with van der Waals surface area (Å²) in [6.07, 6.45) is 0. The molecule has 0 unspecified atom stereocenters. The normalized spacial score (nSPS) is 10.5. The molecule has 4 heteroatoms. The van der Waals surface area contributed by atoms with E-state index in [2.05, 4.69) is 17.4 Å². The Balaban J connectivity index is 1.92. The van der Waals surface area contributed by atoms with Gasteiger partial charge in [0.05, 0.1) is 17.2 Å². The Kier molecular flexibility index (Phi) is 5.08. The molecule has 0 spiro atoms. The number of rotatable bonds is 5. The Morgan fingerprint density at radius 3 is 2.16 bits per heavy atom. The predicted molar refractivity (Wildman–Crippen MR) is 78.8 cm³/mol. The van der Waals surface area contributed by atoms with Gasteiger partial charge in [0.15, 0.2) is 0 Å². The van der Waals surface area contributed by atoms with Crippen molar-refractivity contribution in [3.63, 3.8) is 0 Å². The Bertz CT molecular complexity index is 520. The summed E-state index contributed by atoms with van der Waals surface area (Å²) in [6.45, 7) is 1.65. The van der Waals surface area contributed by atoms with Gasteiger partial charge in [-0.05, 0) is 36.4 Å². The molecule has 0 atom stereocenters. The van der Waals surface area contributed by atoms with E-state index in [-0.39, 0.29) is 0 Å². The van der Waals surface area contributed by atoms with Gasteiger partial charge in [0.1, 0.15) is 18.8 Å². The van der Waals surface area contributed by atoms with Gasteiger partial charge >= 0.3 is 0 Å². The predicted octanol–water partition coefficient (Wildman–Crippen LogP) is 3.27. The first-order valence-corrected chi connectivity index (χ1v) is 6.84. The highest BCUT2D eigenvalue weighted by molar-refractivity contribution is 6.35. The first kappa shape index (κ1) is 14.2. The monoisotopic (exact) mass is 296 g/mol. The molecule has 0 amide bonds. The molecule has 2 N–H and O–H groups in total. The van der Waals surface area contributed by atoms with Crippen LogP contribution in [-0.4, -0.2) is 7.11 Å². The fourth-order valence-electron chi connectivity index (χ4n) is 1.87. The Morgan fingerprint density at radius 1 is 0.947 bits per heavy atom. The van der Waals surface area contributed by atoms with Crippen LogP contribution in [0, 0.1) is 0 Å². The van der Waals surface area contributed by atoms with Gasteiger partial charge in [-0.3, -0.25) is 0 Å². The third kappa shape index (κ3) is 3.87. The molecule has 0 heterocycles. The molecule has 2 rings (SSSR count). The van der Waals surface area contributed by atoms with Crippen LogP contribution in [0.5, 0.6) is 5.75 Å². The molecule has 100 valence electrons. The van der Waals surface area contributed by atoms with Crippen molar-refractivity contribution in [1.82, 2.24) is 0 Å². The first-order valence-electron chi connectivity index (χ1n) is 6.08. The number of nitrogens with two attached hydrogens (primary N) is 1. The average Bonchev–Trinajstić information content (AvgIpc) is 2.43. The van der Waals surface area contributed by atoms with E-state index in [4.69, 9.17) is 27.9 Å². The number of quaternary nitrogens is 1. The summed E-state index contributed by atoms with van der Waals surface area (Å²) in [4.78, 5) is 0. The van der Waals surface area contributed by atoms with Gasteiger partial charge in [0.2, 0.25) is 0 Å². The van der Waals surface area contributed by atoms with Gasteiger partial charge in [0.25, 0.3) is 0 Å². The van der Waals surface area contributed by atoms with E-state index in [1.165, 1.54) is 5.56 Å². The van der Waals surface area contributed by atoms with Gasteiger partial charge < -0.3 is 10.1 Å². The Labute approximate surface area is 123 Å². The lowest BCUT2D eigenvalue weighted by molar-refractivity contribution is -0.686. The molecular formula is C15H16Cl2NO+. The van der Waals surface area contributed by atoms with Crippen LogP contribution in [0.15, 0.2) is 42.5 Å². The highest BCUT2D eigenvalue weighted by Crippen LogP contribution is 2.22. The SMILES string of the molecule is COc1ccc(C[NH2+]Cc2c(Cl)cccc2Cl)cc1. The molecule has 0 saturated carbocycles. The maximum absolute atomic E-state index is 6.13. The van der Waals surface area contributed by atoms with Crippen molar-refractivity contribution >= 4 is 23.2 Å². The number of methoxy groups -OCH3 is 1. The zero-order chi connectivity index (χ0) is 13.7. The number of ether oxygens (including phenoxy) is 1. The second-order valence-electron chi connectivity index (χ2n) is 4.25. The number of hydrogen-bond donors (Lipinski definition) is 1. The highest BCUT2D eigenvalue weighted by Gasteiger charge is 2.07. The highest BCUT2D eigenvalue weighted by atomic mass is 35.5. The summed E-state index contributed by atoms with van der Waals surface area (Å²) in [6, 6.07) is 13.6. The number of benzene rings is 2. The van der Waals surface area contributed by atoms with Gasteiger partial charge in [-0.1, -0.05) is 29.3 Å².